The molecule has 2 saturated carbocycles. The molecule has 7 N–H and O–H groups in total. The second-order valence-corrected chi connectivity index (χ2v) is 9.54. The highest BCUT2D eigenvalue weighted by Gasteiger charge is 2.48. The lowest BCUT2D eigenvalue weighted by atomic mass is 9.79. The highest BCUT2D eigenvalue weighted by molar-refractivity contribution is 5.79. The lowest BCUT2D eigenvalue weighted by Gasteiger charge is -2.32. The Hall–Kier alpha value is -1.52. The van der Waals surface area contributed by atoms with Crippen molar-refractivity contribution in [1.82, 2.24) is 21.1 Å². The van der Waals surface area contributed by atoms with E-state index in [4.69, 9.17) is 11.1 Å². The van der Waals surface area contributed by atoms with Gasteiger partial charge in [0.1, 0.15) is 24.2 Å². The molecular weight excluding hydrogens is 397 g/mol. The van der Waals surface area contributed by atoms with E-state index >= 15 is 0 Å². The Labute approximate surface area is 175 Å². The zero-order valence-electron chi connectivity index (χ0n) is 17.3. The van der Waals surface area contributed by atoms with Crippen molar-refractivity contribution >= 4 is 5.84 Å². The molecule has 0 aromatic carbocycles. The third-order valence-corrected chi connectivity index (χ3v) is 7.34. The summed E-state index contributed by atoms with van der Waals surface area (Å²) in [6, 6.07) is -0.375. The Balaban J connectivity index is 1.54. The predicted molar refractivity (Wildman–Crippen MR) is 107 cm³/mol. The van der Waals surface area contributed by atoms with Crippen LogP contribution in [0.2, 0.25) is 0 Å². The van der Waals surface area contributed by atoms with Crippen LogP contribution in [-0.2, 0) is 0 Å². The van der Waals surface area contributed by atoms with Crippen molar-refractivity contribution in [2.45, 2.75) is 82.3 Å². The Kier molecular flexibility index (Phi) is 5.93. The fraction of sp³-hybridized carbons (Fsp3) is 0.850. The molecule has 5 unspecified atom stereocenters. The molecule has 5 atom stereocenters. The van der Waals surface area contributed by atoms with Crippen LogP contribution in [0.1, 0.15) is 51.9 Å². The standard InChI is InChI=1S/C20H33F3N6O/c1-10-2-4-11(5-3-10)15-17(30)16(29(28-15)9-20(21,22)23)19-26-13-7-6-12(18(24)25)8-14(13)27-19/h10-15,19,26-28,30H,2-9H2,1H3,(H3,24,25). The predicted octanol–water partition coefficient (Wildman–Crippen LogP) is 2.33. The maximum atomic E-state index is 13.3. The van der Waals surface area contributed by atoms with Crippen LogP contribution < -0.4 is 21.8 Å². The van der Waals surface area contributed by atoms with E-state index < -0.39 is 24.9 Å². The summed E-state index contributed by atoms with van der Waals surface area (Å²) in [5.74, 6) is 0.918. The topological polar surface area (TPSA) is 109 Å². The smallest absolute Gasteiger partial charge is 0.407 e. The third kappa shape index (κ3) is 4.40. The molecule has 4 rings (SSSR count). The summed E-state index contributed by atoms with van der Waals surface area (Å²) in [4.78, 5) is 0. The minimum Gasteiger partial charge on any atom is -0.509 e. The normalized spacial score (nSPS) is 40.0. The Morgan fingerprint density at radius 1 is 1.13 bits per heavy atom. The first kappa shape index (κ1) is 21.7. The molecule has 0 spiro atoms. The SMILES string of the molecule is CC1CCC(C2NN(CC(F)(F)F)C(C3NC4CCC(C(=N)N)CC4N3)=C2O)CC1. The van der Waals surface area contributed by atoms with E-state index in [9.17, 15) is 18.3 Å². The maximum Gasteiger partial charge on any atom is 0.407 e. The van der Waals surface area contributed by atoms with Crippen LogP contribution in [0.4, 0.5) is 13.2 Å². The molecule has 0 radical (unpaired) electrons. The van der Waals surface area contributed by atoms with E-state index in [1.54, 1.807) is 0 Å². The minimum absolute atomic E-state index is 0.00756. The van der Waals surface area contributed by atoms with Gasteiger partial charge in [0.15, 0.2) is 0 Å². The van der Waals surface area contributed by atoms with Crippen LogP contribution in [0.5, 0.6) is 0 Å². The van der Waals surface area contributed by atoms with E-state index in [1.165, 1.54) is 0 Å². The third-order valence-electron chi connectivity index (χ3n) is 7.34. The summed E-state index contributed by atoms with van der Waals surface area (Å²) >= 11 is 0. The number of halogens is 3. The van der Waals surface area contributed by atoms with E-state index in [-0.39, 0.29) is 41.2 Å². The molecule has 4 aliphatic rings. The number of nitrogens with one attached hydrogen (secondary N) is 4. The summed E-state index contributed by atoms with van der Waals surface area (Å²) in [5, 5.41) is 26.6. The molecule has 170 valence electrons. The largest absolute Gasteiger partial charge is 0.509 e. The monoisotopic (exact) mass is 430 g/mol. The molecule has 10 heteroatoms. The molecule has 2 heterocycles. The van der Waals surface area contributed by atoms with Gasteiger partial charge in [-0.1, -0.05) is 19.8 Å². The van der Waals surface area contributed by atoms with E-state index in [0.717, 1.165) is 43.5 Å². The zero-order valence-corrected chi connectivity index (χ0v) is 17.3. The lowest BCUT2D eigenvalue weighted by molar-refractivity contribution is -0.148. The average Bonchev–Trinajstić information content (AvgIpc) is 3.20. The maximum absolute atomic E-state index is 13.3. The van der Waals surface area contributed by atoms with Gasteiger partial charge in [-0.3, -0.25) is 21.1 Å². The fourth-order valence-corrected chi connectivity index (χ4v) is 5.63. The Morgan fingerprint density at radius 2 is 1.80 bits per heavy atom. The second-order valence-electron chi connectivity index (χ2n) is 9.54. The molecular formula is C20H33F3N6O. The van der Waals surface area contributed by atoms with E-state index in [0.29, 0.717) is 12.3 Å². The first-order chi connectivity index (χ1) is 14.1. The number of amidine groups is 1. The highest BCUT2D eigenvalue weighted by atomic mass is 19.4. The molecule has 30 heavy (non-hydrogen) atoms. The summed E-state index contributed by atoms with van der Waals surface area (Å²) < 4.78 is 39.9. The van der Waals surface area contributed by atoms with Gasteiger partial charge in [0.25, 0.3) is 0 Å². The number of hydrazine groups is 1. The van der Waals surface area contributed by atoms with Crippen LogP contribution in [0.15, 0.2) is 11.5 Å². The van der Waals surface area contributed by atoms with Gasteiger partial charge in [0.05, 0.1) is 11.9 Å². The van der Waals surface area contributed by atoms with Crippen molar-refractivity contribution in [2.24, 2.45) is 23.5 Å². The zero-order chi connectivity index (χ0) is 21.6. The highest BCUT2D eigenvalue weighted by Crippen LogP contribution is 2.38. The first-order valence-corrected chi connectivity index (χ1v) is 11.0. The molecule has 3 fully saturated rings. The van der Waals surface area contributed by atoms with Crippen molar-refractivity contribution in [3.05, 3.63) is 11.5 Å². The van der Waals surface area contributed by atoms with Gasteiger partial charge in [-0.25, -0.2) is 5.43 Å². The van der Waals surface area contributed by atoms with Gasteiger partial charge in [0, 0.05) is 18.0 Å². The molecule has 7 nitrogen and oxygen atoms in total. The molecule has 1 saturated heterocycles. The van der Waals surface area contributed by atoms with Crippen LogP contribution in [0, 0.1) is 23.2 Å². The van der Waals surface area contributed by atoms with Crippen LogP contribution in [-0.4, -0.2) is 53.0 Å². The summed E-state index contributed by atoms with van der Waals surface area (Å²) in [6.45, 7) is 1.04. The number of fused-ring (bicyclic) bond motifs is 1. The van der Waals surface area contributed by atoms with Crippen molar-refractivity contribution in [1.29, 1.82) is 5.41 Å². The van der Waals surface area contributed by atoms with Crippen LogP contribution in [0.25, 0.3) is 0 Å². The van der Waals surface area contributed by atoms with Gasteiger partial charge >= 0.3 is 6.18 Å². The van der Waals surface area contributed by atoms with Gasteiger partial charge < -0.3 is 10.8 Å². The lowest BCUT2D eigenvalue weighted by Crippen LogP contribution is -2.49. The Morgan fingerprint density at radius 3 is 2.43 bits per heavy atom. The summed E-state index contributed by atoms with van der Waals surface area (Å²) in [5.41, 5.74) is 8.90. The minimum atomic E-state index is -4.39. The van der Waals surface area contributed by atoms with Gasteiger partial charge in [-0.15, -0.1) is 0 Å². The quantitative estimate of drug-likeness (QED) is 0.302. The van der Waals surface area contributed by atoms with Crippen molar-refractivity contribution in [3.63, 3.8) is 0 Å². The number of aliphatic hydroxyl groups is 1. The molecule has 2 aliphatic heterocycles. The Bertz CT molecular complexity index is 691. The first-order valence-electron chi connectivity index (χ1n) is 11.0. The average molecular weight is 431 g/mol. The number of aliphatic hydroxyl groups excluding tert-OH is 1. The van der Waals surface area contributed by atoms with E-state index in [2.05, 4.69) is 23.0 Å². The number of hydrogen-bond donors (Lipinski definition) is 6. The van der Waals surface area contributed by atoms with Crippen LogP contribution in [0.3, 0.4) is 0 Å². The van der Waals surface area contributed by atoms with Crippen molar-refractivity contribution < 1.29 is 18.3 Å². The van der Waals surface area contributed by atoms with Gasteiger partial charge in [-0.2, -0.15) is 13.2 Å². The number of rotatable bonds is 4. The molecule has 2 aliphatic carbocycles. The summed E-state index contributed by atoms with van der Waals surface area (Å²) in [6.07, 6.45) is 1.16. The van der Waals surface area contributed by atoms with Crippen LogP contribution >= 0.6 is 0 Å². The number of hydrogen-bond acceptors (Lipinski definition) is 6. The molecule has 0 bridgehead atoms. The molecule has 0 aromatic rings. The number of nitrogens with two attached hydrogens (primary N) is 1. The number of alkyl halides is 3. The molecule has 0 amide bonds. The van der Waals surface area contributed by atoms with E-state index in [1.807, 2.05) is 0 Å². The second kappa shape index (κ2) is 8.20. The fourth-order valence-electron chi connectivity index (χ4n) is 5.63. The molecule has 0 aromatic heterocycles. The summed E-state index contributed by atoms with van der Waals surface area (Å²) in [7, 11) is 0. The van der Waals surface area contributed by atoms with Gasteiger partial charge in [-0.05, 0) is 43.9 Å². The van der Waals surface area contributed by atoms with Crippen molar-refractivity contribution in [2.75, 3.05) is 6.54 Å². The number of nitrogens with zero attached hydrogens (tertiary/aromatic N) is 1. The van der Waals surface area contributed by atoms with Gasteiger partial charge in [0.2, 0.25) is 0 Å². The van der Waals surface area contributed by atoms with Crippen molar-refractivity contribution in [3.8, 4) is 0 Å².